The number of hydrogen-bond donors (Lipinski definition) is 0. The monoisotopic (exact) mass is 420 g/mol. The molecule has 0 radical (unpaired) electrons. The number of benzene rings is 1. The fourth-order valence-electron chi connectivity index (χ4n) is 4.58. The molecule has 7 nitrogen and oxygen atoms in total. The predicted octanol–water partition coefficient (Wildman–Crippen LogP) is 2.90. The van der Waals surface area contributed by atoms with E-state index in [4.69, 9.17) is 4.98 Å². The Kier molecular flexibility index (Phi) is 4.92. The number of aromatic nitrogens is 4. The van der Waals surface area contributed by atoms with Gasteiger partial charge in [-0.05, 0) is 49.4 Å². The molecule has 1 aromatic carbocycles. The molecular weight excluding hydrogens is 395 g/mol. The van der Waals surface area contributed by atoms with Crippen molar-refractivity contribution < 1.29 is 9.18 Å². The molecule has 2 aliphatic heterocycles. The molecule has 1 amide bonds. The van der Waals surface area contributed by atoms with Gasteiger partial charge in [0.15, 0.2) is 5.82 Å². The van der Waals surface area contributed by atoms with Crippen molar-refractivity contribution in [3.8, 4) is 0 Å². The predicted molar refractivity (Wildman–Crippen MR) is 116 cm³/mol. The quantitative estimate of drug-likeness (QED) is 0.635. The fourth-order valence-corrected chi connectivity index (χ4v) is 4.58. The van der Waals surface area contributed by atoms with Gasteiger partial charge in [-0.2, -0.15) is 5.10 Å². The van der Waals surface area contributed by atoms with Crippen molar-refractivity contribution in [1.82, 2.24) is 19.7 Å². The number of carbonyl (C=O) groups is 1. The average molecular weight is 420 g/mol. The summed E-state index contributed by atoms with van der Waals surface area (Å²) in [6, 6.07) is 6.38. The third-order valence-corrected chi connectivity index (χ3v) is 6.14. The number of nitrogens with zero attached hydrogens (tertiary/aromatic N) is 6. The Bertz CT molecular complexity index is 1130. The van der Waals surface area contributed by atoms with E-state index in [1.165, 1.54) is 12.1 Å². The SMILES string of the molecule is Cc1nc(CCc2cnn(Cc3ccc(F)cc3)c2)nc2c1N(C)C(=O)[C@@H]1CCCN21. The van der Waals surface area contributed by atoms with Crippen LogP contribution in [0.5, 0.6) is 0 Å². The van der Waals surface area contributed by atoms with Crippen LogP contribution in [0.15, 0.2) is 36.7 Å². The lowest BCUT2D eigenvalue weighted by Gasteiger charge is -2.37. The molecule has 5 rings (SSSR count). The lowest BCUT2D eigenvalue weighted by Crippen LogP contribution is -2.50. The van der Waals surface area contributed by atoms with Gasteiger partial charge in [-0.3, -0.25) is 9.48 Å². The summed E-state index contributed by atoms with van der Waals surface area (Å²) in [5.41, 5.74) is 3.78. The van der Waals surface area contributed by atoms with E-state index in [1.54, 1.807) is 17.0 Å². The molecule has 160 valence electrons. The molecule has 2 aromatic heterocycles. The van der Waals surface area contributed by atoms with Gasteiger partial charge < -0.3 is 9.80 Å². The molecule has 1 fully saturated rings. The number of likely N-dealkylation sites (N-methyl/N-ethyl adjacent to an activating group) is 1. The molecule has 4 heterocycles. The summed E-state index contributed by atoms with van der Waals surface area (Å²) in [7, 11) is 1.82. The summed E-state index contributed by atoms with van der Waals surface area (Å²) in [6.45, 7) is 3.42. The third kappa shape index (κ3) is 3.66. The van der Waals surface area contributed by atoms with Crippen molar-refractivity contribution in [2.24, 2.45) is 0 Å². The van der Waals surface area contributed by atoms with Crippen LogP contribution in [0.25, 0.3) is 0 Å². The number of rotatable bonds is 5. The van der Waals surface area contributed by atoms with Gasteiger partial charge in [0.1, 0.15) is 23.4 Å². The topological polar surface area (TPSA) is 67.2 Å². The van der Waals surface area contributed by atoms with Gasteiger partial charge in [-0.25, -0.2) is 14.4 Å². The first-order chi connectivity index (χ1) is 15.0. The van der Waals surface area contributed by atoms with Gasteiger partial charge in [0.2, 0.25) is 5.91 Å². The van der Waals surface area contributed by atoms with Crippen LogP contribution in [-0.2, 0) is 24.2 Å². The molecular formula is C23H25FN6O. The molecule has 2 aliphatic rings. The van der Waals surface area contributed by atoms with E-state index in [9.17, 15) is 9.18 Å². The van der Waals surface area contributed by atoms with E-state index in [0.717, 1.165) is 60.0 Å². The first-order valence-corrected chi connectivity index (χ1v) is 10.7. The number of halogens is 1. The van der Waals surface area contributed by atoms with Crippen LogP contribution >= 0.6 is 0 Å². The lowest BCUT2D eigenvalue weighted by molar-refractivity contribution is -0.119. The number of aryl methyl sites for hydroxylation is 3. The minimum absolute atomic E-state index is 0.0932. The largest absolute Gasteiger partial charge is 0.343 e. The second-order valence-electron chi connectivity index (χ2n) is 8.32. The zero-order valence-electron chi connectivity index (χ0n) is 17.8. The Balaban J connectivity index is 1.31. The summed E-state index contributed by atoms with van der Waals surface area (Å²) >= 11 is 0. The Labute approximate surface area is 180 Å². The van der Waals surface area contributed by atoms with Crippen LogP contribution in [0.1, 0.15) is 35.5 Å². The average Bonchev–Trinajstić information content (AvgIpc) is 3.42. The van der Waals surface area contributed by atoms with E-state index < -0.39 is 0 Å². The van der Waals surface area contributed by atoms with E-state index in [0.29, 0.717) is 13.0 Å². The molecule has 8 heteroatoms. The highest BCUT2D eigenvalue weighted by atomic mass is 19.1. The third-order valence-electron chi connectivity index (χ3n) is 6.14. The fraction of sp³-hybridized carbons (Fsp3) is 0.391. The number of fused-ring (bicyclic) bond motifs is 3. The minimum Gasteiger partial charge on any atom is -0.343 e. The lowest BCUT2D eigenvalue weighted by atomic mass is 10.1. The van der Waals surface area contributed by atoms with Crippen molar-refractivity contribution in [2.45, 2.75) is 45.2 Å². The summed E-state index contributed by atoms with van der Waals surface area (Å²) in [4.78, 5) is 26.1. The highest BCUT2D eigenvalue weighted by molar-refractivity contribution is 6.05. The number of amides is 1. The van der Waals surface area contributed by atoms with Gasteiger partial charge in [0.25, 0.3) is 0 Å². The Morgan fingerprint density at radius 1 is 1.13 bits per heavy atom. The zero-order chi connectivity index (χ0) is 21.5. The molecule has 3 aromatic rings. The van der Waals surface area contributed by atoms with E-state index in [-0.39, 0.29) is 17.8 Å². The molecule has 0 saturated carbocycles. The summed E-state index contributed by atoms with van der Waals surface area (Å²) in [6.07, 6.45) is 7.24. The molecule has 0 N–H and O–H groups in total. The van der Waals surface area contributed by atoms with Crippen molar-refractivity contribution in [3.63, 3.8) is 0 Å². The van der Waals surface area contributed by atoms with Crippen molar-refractivity contribution in [3.05, 3.63) is 65.1 Å². The molecule has 1 atom stereocenters. The maximum absolute atomic E-state index is 13.1. The zero-order valence-corrected chi connectivity index (χ0v) is 17.8. The summed E-state index contributed by atoms with van der Waals surface area (Å²) < 4.78 is 14.9. The maximum atomic E-state index is 13.1. The van der Waals surface area contributed by atoms with Gasteiger partial charge in [-0.1, -0.05) is 12.1 Å². The van der Waals surface area contributed by atoms with Crippen LogP contribution in [-0.4, -0.2) is 45.3 Å². The molecule has 0 unspecified atom stereocenters. The molecule has 0 aliphatic carbocycles. The number of hydrogen-bond acceptors (Lipinski definition) is 5. The minimum atomic E-state index is -0.235. The van der Waals surface area contributed by atoms with E-state index in [1.807, 2.05) is 31.0 Å². The molecule has 1 saturated heterocycles. The molecule has 0 spiro atoms. The normalized spacial score (nSPS) is 17.8. The molecule has 0 bridgehead atoms. The number of anilines is 2. The van der Waals surface area contributed by atoms with E-state index >= 15 is 0 Å². The smallest absolute Gasteiger partial charge is 0.249 e. The van der Waals surface area contributed by atoms with Crippen LogP contribution in [0.2, 0.25) is 0 Å². The van der Waals surface area contributed by atoms with Crippen molar-refractivity contribution in [2.75, 3.05) is 23.4 Å². The van der Waals surface area contributed by atoms with Crippen LogP contribution in [0.4, 0.5) is 15.9 Å². The van der Waals surface area contributed by atoms with Crippen molar-refractivity contribution >= 4 is 17.4 Å². The van der Waals surface area contributed by atoms with Gasteiger partial charge in [0.05, 0.1) is 18.4 Å². The first-order valence-electron chi connectivity index (χ1n) is 10.7. The van der Waals surface area contributed by atoms with Gasteiger partial charge in [0, 0.05) is 26.2 Å². The highest BCUT2D eigenvalue weighted by Crippen LogP contribution is 2.39. The first kappa shape index (κ1) is 19.7. The van der Waals surface area contributed by atoms with Crippen LogP contribution in [0, 0.1) is 12.7 Å². The molecule has 31 heavy (non-hydrogen) atoms. The second-order valence-corrected chi connectivity index (χ2v) is 8.32. The number of carbonyl (C=O) groups excluding carboxylic acids is 1. The van der Waals surface area contributed by atoms with Gasteiger partial charge in [-0.15, -0.1) is 0 Å². The highest BCUT2D eigenvalue weighted by Gasteiger charge is 2.41. The summed E-state index contributed by atoms with van der Waals surface area (Å²) in [5.74, 6) is 1.58. The Morgan fingerprint density at radius 2 is 1.94 bits per heavy atom. The second kappa shape index (κ2) is 7.76. The van der Waals surface area contributed by atoms with Crippen LogP contribution < -0.4 is 9.80 Å². The van der Waals surface area contributed by atoms with Gasteiger partial charge >= 0.3 is 0 Å². The van der Waals surface area contributed by atoms with E-state index in [2.05, 4.69) is 15.0 Å². The standard InChI is InChI=1S/C23H25FN6O/c1-15-21-22(30-11-3-4-19(30)23(31)28(21)2)27-20(26-15)10-7-17-12-25-29(14-17)13-16-5-8-18(24)9-6-16/h5-6,8-9,12,14,19H,3-4,7,10-11,13H2,1-2H3/t19-/m0/s1. The Hall–Kier alpha value is -3.29. The maximum Gasteiger partial charge on any atom is 0.249 e. The summed E-state index contributed by atoms with van der Waals surface area (Å²) in [5, 5.41) is 4.43. The Morgan fingerprint density at radius 3 is 2.74 bits per heavy atom. The van der Waals surface area contributed by atoms with Crippen molar-refractivity contribution in [1.29, 1.82) is 0 Å². The van der Waals surface area contributed by atoms with Crippen LogP contribution in [0.3, 0.4) is 0 Å².